The van der Waals surface area contributed by atoms with Gasteiger partial charge >= 0.3 is 0 Å². The van der Waals surface area contributed by atoms with E-state index in [9.17, 15) is 9.65 Å². The summed E-state index contributed by atoms with van der Waals surface area (Å²) in [6.07, 6.45) is 0. The van der Waals surface area contributed by atoms with Crippen LogP contribution in [0.3, 0.4) is 0 Å². The lowest BCUT2D eigenvalue weighted by Gasteiger charge is -2.31. The lowest BCUT2D eigenvalue weighted by Crippen LogP contribution is -2.44. The first-order valence-electron chi connectivity index (χ1n) is 5.51. The van der Waals surface area contributed by atoms with Gasteiger partial charge in [0.1, 0.15) is 11.9 Å². The Morgan fingerprint density at radius 3 is 2.65 bits per heavy atom. The average Bonchev–Trinajstić information content (AvgIpc) is 2.30. The average molecular weight is 254 g/mol. The van der Waals surface area contributed by atoms with Crippen LogP contribution in [0, 0.1) is 17.1 Å². The highest BCUT2D eigenvalue weighted by Gasteiger charge is 2.22. The highest BCUT2D eigenvalue weighted by Crippen LogP contribution is 2.24. The molecule has 1 unspecified atom stereocenters. The van der Waals surface area contributed by atoms with Gasteiger partial charge in [0.15, 0.2) is 0 Å². The van der Waals surface area contributed by atoms with E-state index in [0.29, 0.717) is 10.6 Å². The molecule has 1 fully saturated rings. The summed E-state index contributed by atoms with van der Waals surface area (Å²) in [7, 11) is 0. The number of rotatable bonds is 2. The molecular weight excluding hydrogens is 241 g/mol. The van der Waals surface area contributed by atoms with Crippen LogP contribution in [0.15, 0.2) is 18.2 Å². The maximum absolute atomic E-state index is 13.3. The molecule has 1 atom stereocenters. The van der Waals surface area contributed by atoms with E-state index in [2.05, 4.69) is 11.4 Å². The lowest BCUT2D eigenvalue weighted by molar-refractivity contribution is 0.207. The molecule has 0 aliphatic carbocycles. The summed E-state index contributed by atoms with van der Waals surface area (Å²) >= 11 is 5.81. The largest absolute Gasteiger partial charge is 0.314 e. The first kappa shape index (κ1) is 12.3. The third-order valence-electron chi connectivity index (χ3n) is 2.84. The SMILES string of the molecule is N#CC(c1cc(F)cc(Cl)c1)N1CCNCC1. The van der Waals surface area contributed by atoms with Gasteiger partial charge in [-0.3, -0.25) is 4.90 Å². The zero-order valence-electron chi connectivity index (χ0n) is 9.29. The highest BCUT2D eigenvalue weighted by atomic mass is 35.5. The van der Waals surface area contributed by atoms with Crippen LogP contribution in [0.4, 0.5) is 4.39 Å². The summed E-state index contributed by atoms with van der Waals surface area (Å²) in [5.41, 5.74) is 0.624. The van der Waals surface area contributed by atoms with Crippen LogP contribution in [0.25, 0.3) is 0 Å². The van der Waals surface area contributed by atoms with Crippen LogP contribution in [0.1, 0.15) is 11.6 Å². The molecule has 0 spiro atoms. The number of hydrogen-bond donors (Lipinski definition) is 1. The topological polar surface area (TPSA) is 39.1 Å². The van der Waals surface area contributed by atoms with Gasteiger partial charge in [0.2, 0.25) is 0 Å². The monoisotopic (exact) mass is 253 g/mol. The van der Waals surface area contributed by atoms with Crippen LogP contribution in [-0.4, -0.2) is 31.1 Å². The fourth-order valence-electron chi connectivity index (χ4n) is 2.04. The van der Waals surface area contributed by atoms with Crippen LogP contribution in [0.2, 0.25) is 5.02 Å². The molecule has 1 aromatic carbocycles. The van der Waals surface area contributed by atoms with Gasteiger partial charge in [-0.1, -0.05) is 11.6 Å². The molecule has 5 heteroatoms. The van der Waals surface area contributed by atoms with Crippen molar-refractivity contribution < 1.29 is 4.39 Å². The fraction of sp³-hybridized carbons (Fsp3) is 0.417. The van der Waals surface area contributed by atoms with E-state index in [1.165, 1.54) is 12.1 Å². The Kier molecular flexibility index (Phi) is 3.95. The molecule has 2 rings (SSSR count). The Hall–Kier alpha value is -1.15. The van der Waals surface area contributed by atoms with Crippen LogP contribution in [0.5, 0.6) is 0 Å². The van der Waals surface area contributed by atoms with Crippen LogP contribution >= 0.6 is 11.6 Å². The molecule has 0 aromatic heterocycles. The number of hydrogen-bond acceptors (Lipinski definition) is 3. The second-order valence-electron chi connectivity index (χ2n) is 4.02. The molecule has 1 aromatic rings. The molecule has 0 bridgehead atoms. The minimum Gasteiger partial charge on any atom is -0.314 e. The molecular formula is C12H13ClFN3. The maximum Gasteiger partial charge on any atom is 0.125 e. The first-order chi connectivity index (χ1) is 8.20. The molecule has 1 saturated heterocycles. The predicted octanol–water partition coefficient (Wildman–Crippen LogP) is 1.95. The van der Waals surface area contributed by atoms with Crippen molar-refractivity contribution >= 4 is 11.6 Å². The van der Waals surface area contributed by atoms with E-state index < -0.39 is 11.9 Å². The van der Waals surface area contributed by atoms with Crippen LogP contribution < -0.4 is 5.32 Å². The number of nitrogens with zero attached hydrogens (tertiary/aromatic N) is 2. The smallest absolute Gasteiger partial charge is 0.125 e. The number of benzene rings is 1. The quantitative estimate of drug-likeness (QED) is 0.876. The van der Waals surface area contributed by atoms with Gasteiger partial charge in [0.25, 0.3) is 0 Å². The van der Waals surface area contributed by atoms with E-state index in [1.807, 2.05) is 4.90 Å². The second kappa shape index (κ2) is 5.46. The van der Waals surface area contributed by atoms with Gasteiger partial charge in [-0.25, -0.2) is 4.39 Å². The molecule has 1 aliphatic rings. The van der Waals surface area contributed by atoms with Crippen molar-refractivity contribution in [3.8, 4) is 6.07 Å². The van der Waals surface area contributed by atoms with Crippen LogP contribution in [-0.2, 0) is 0 Å². The van der Waals surface area contributed by atoms with Gasteiger partial charge < -0.3 is 5.32 Å². The Morgan fingerprint density at radius 2 is 2.06 bits per heavy atom. The molecule has 90 valence electrons. The normalized spacial score (nSPS) is 18.6. The lowest BCUT2D eigenvalue weighted by atomic mass is 10.1. The molecule has 1 heterocycles. The number of nitriles is 1. The van der Waals surface area contributed by atoms with Gasteiger partial charge in [-0.15, -0.1) is 0 Å². The second-order valence-corrected chi connectivity index (χ2v) is 4.46. The van der Waals surface area contributed by atoms with Crippen molar-refractivity contribution in [2.45, 2.75) is 6.04 Å². The summed E-state index contributed by atoms with van der Waals surface area (Å²) < 4.78 is 13.3. The Balaban J connectivity index is 2.25. The number of piperazine rings is 1. The van der Waals surface area contributed by atoms with Crippen molar-refractivity contribution in [3.05, 3.63) is 34.6 Å². The Labute approximate surface area is 105 Å². The van der Waals surface area contributed by atoms with Crippen molar-refractivity contribution in [1.82, 2.24) is 10.2 Å². The van der Waals surface area contributed by atoms with Crippen molar-refractivity contribution in [3.63, 3.8) is 0 Å². The molecule has 0 saturated carbocycles. The Bertz CT molecular complexity index is 418. The molecule has 0 radical (unpaired) electrons. The van der Waals surface area contributed by atoms with E-state index in [4.69, 9.17) is 11.6 Å². The summed E-state index contributed by atoms with van der Waals surface area (Å²) in [5.74, 6) is -0.400. The summed E-state index contributed by atoms with van der Waals surface area (Å²) in [6, 6.07) is 6.07. The third-order valence-corrected chi connectivity index (χ3v) is 3.06. The zero-order chi connectivity index (χ0) is 12.3. The summed E-state index contributed by atoms with van der Waals surface area (Å²) in [4.78, 5) is 2.03. The van der Waals surface area contributed by atoms with Gasteiger partial charge in [0.05, 0.1) is 6.07 Å². The summed E-state index contributed by atoms with van der Waals surface area (Å²) in [6.45, 7) is 3.27. The standard InChI is InChI=1S/C12H13ClFN3/c13-10-5-9(6-11(14)7-10)12(8-15)17-3-1-16-2-4-17/h5-7,12,16H,1-4H2. The summed E-state index contributed by atoms with van der Waals surface area (Å²) in [5, 5.41) is 12.8. The highest BCUT2D eigenvalue weighted by molar-refractivity contribution is 6.30. The third kappa shape index (κ3) is 2.95. The first-order valence-corrected chi connectivity index (χ1v) is 5.89. The van der Waals surface area contributed by atoms with E-state index in [0.717, 1.165) is 26.2 Å². The fourth-order valence-corrected chi connectivity index (χ4v) is 2.27. The molecule has 17 heavy (non-hydrogen) atoms. The van der Waals surface area contributed by atoms with E-state index >= 15 is 0 Å². The zero-order valence-corrected chi connectivity index (χ0v) is 10.0. The minimum absolute atomic E-state index is 0.329. The maximum atomic E-state index is 13.3. The van der Waals surface area contributed by atoms with E-state index in [1.54, 1.807) is 6.07 Å². The van der Waals surface area contributed by atoms with Crippen molar-refractivity contribution in [2.75, 3.05) is 26.2 Å². The number of halogens is 2. The van der Waals surface area contributed by atoms with Gasteiger partial charge in [0, 0.05) is 31.2 Å². The van der Waals surface area contributed by atoms with Crippen molar-refractivity contribution in [1.29, 1.82) is 5.26 Å². The van der Waals surface area contributed by atoms with Gasteiger partial charge in [-0.05, 0) is 23.8 Å². The number of nitrogens with one attached hydrogen (secondary N) is 1. The van der Waals surface area contributed by atoms with E-state index in [-0.39, 0.29) is 0 Å². The molecule has 0 amide bonds. The Morgan fingerprint density at radius 1 is 1.35 bits per heavy atom. The minimum atomic E-state index is -0.426. The molecule has 1 N–H and O–H groups in total. The molecule has 1 aliphatic heterocycles. The molecule has 3 nitrogen and oxygen atoms in total. The van der Waals surface area contributed by atoms with Gasteiger partial charge in [-0.2, -0.15) is 5.26 Å². The predicted molar refractivity (Wildman–Crippen MR) is 64.2 cm³/mol. The van der Waals surface area contributed by atoms with Crippen molar-refractivity contribution in [2.24, 2.45) is 0 Å².